The molecule has 6 heteroatoms. The molecule has 5 nitrogen and oxygen atoms in total. The number of carbonyl (C=O) groups excluding carboxylic acids is 1. The van der Waals surface area contributed by atoms with Crippen molar-refractivity contribution in [2.75, 3.05) is 19.0 Å². The Balaban J connectivity index is 1.65. The van der Waals surface area contributed by atoms with E-state index in [-0.39, 0.29) is 5.91 Å². The third-order valence-electron chi connectivity index (χ3n) is 4.32. The molecule has 0 aliphatic carbocycles. The fraction of sp³-hybridized carbons (Fsp3) is 0.143. The number of carbonyl (C=O) groups is 1. The highest BCUT2D eigenvalue weighted by molar-refractivity contribution is 7.13. The first kappa shape index (κ1) is 17.5. The van der Waals surface area contributed by atoms with E-state index < -0.39 is 0 Å². The Morgan fingerprint density at radius 2 is 1.93 bits per heavy atom. The van der Waals surface area contributed by atoms with Crippen LogP contribution in [0.4, 0.5) is 5.69 Å². The van der Waals surface area contributed by atoms with Crippen LogP contribution in [0.25, 0.3) is 21.6 Å². The normalized spacial score (nSPS) is 11.0. The number of ether oxygens (including phenoxy) is 1. The topological polar surface area (TPSA) is 56.2 Å². The molecule has 0 atom stereocenters. The number of thiazole rings is 1. The highest BCUT2D eigenvalue weighted by atomic mass is 32.1. The first-order valence-corrected chi connectivity index (χ1v) is 9.54. The number of aromatic nitrogens is 2. The van der Waals surface area contributed by atoms with Gasteiger partial charge in [0, 0.05) is 35.6 Å². The highest BCUT2D eigenvalue weighted by Gasteiger charge is 2.16. The zero-order chi connectivity index (χ0) is 18.6. The molecule has 0 saturated carbocycles. The van der Waals surface area contributed by atoms with Crippen LogP contribution in [0.2, 0.25) is 0 Å². The maximum Gasteiger partial charge on any atom is 0.275 e. The van der Waals surface area contributed by atoms with Gasteiger partial charge in [0.05, 0.1) is 12.3 Å². The van der Waals surface area contributed by atoms with E-state index in [0.717, 1.165) is 33.8 Å². The van der Waals surface area contributed by atoms with Gasteiger partial charge in [0.1, 0.15) is 10.7 Å². The van der Waals surface area contributed by atoms with Crippen LogP contribution in [0.3, 0.4) is 0 Å². The summed E-state index contributed by atoms with van der Waals surface area (Å²) in [4.78, 5) is 17.1. The Labute approximate surface area is 161 Å². The van der Waals surface area contributed by atoms with Crippen molar-refractivity contribution >= 4 is 33.8 Å². The summed E-state index contributed by atoms with van der Waals surface area (Å²) in [7, 11) is 1.70. The van der Waals surface area contributed by atoms with Gasteiger partial charge in [0.25, 0.3) is 5.91 Å². The van der Waals surface area contributed by atoms with E-state index in [9.17, 15) is 4.79 Å². The molecule has 0 aliphatic rings. The predicted octanol–water partition coefficient (Wildman–Crippen LogP) is 4.66. The van der Waals surface area contributed by atoms with E-state index in [0.29, 0.717) is 12.3 Å². The van der Waals surface area contributed by atoms with Gasteiger partial charge >= 0.3 is 0 Å². The zero-order valence-electron chi connectivity index (χ0n) is 14.9. The summed E-state index contributed by atoms with van der Waals surface area (Å²) in [5.74, 6) is -0.205. The summed E-state index contributed by atoms with van der Waals surface area (Å²) in [6, 6.07) is 19.7. The molecule has 2 heterocycles. The van der Waals surface area contributed by atoms with Crippen molar-refractivity contribution in [2.24, 2.45) is 0 Å². The zero-order valence-corrected chi connectivity index (χ0v) is 15.7. The Morgan fingerprint density at radius 3 is 2.74 bits per heavy atom. The Bertz CT molecular complexity index is 1070. The maximum absolute atomic E-state index is 12.5. The van der Waals surface area contributed by atoms with Crippen LogP contribution < -0.4 is 5.32 Å². The molecule has 136 valence electrons. The molecular formula is C21H19N3O2S. The molecule has 1 amide bonds. The summed E-state index contributed by atoms with van der Waals surface area (Å²) < 4.78 is 7.45. The highest BCUT2D eigenvalue weighted by Crippen LogP contribution is 2.30. The summed E-state index contributed by atoms with van der Waals surface area (Å²) in [6.45, 7) is 1.34. The number of rotatable bonds is 6. The van der Waals surface area contributed by atoms with Crippen molar-refractivity contribution in [3.63, 3.8) is 0 Å². The first-order valence-electron chi connectivity index (χ1n) is 8.66. The monoisotopic (exact) mass is 377 g/mol. The predicted molar refractivity (Wildman–Crippen MR) is 109 cm³/mol. The van der Waals surface area contributed by atoms with Crippen LogP contribution in [0, 0.1) is 0 Å². The minimum absolute atomic E-state index is 0.205. The minimum atomic E-state index is -0.205. The van der Waals surface area contributed by atoms with Crippen molar-refractivity contribution in [3.8, 4) is 10.7 Å². The molecule has 4 aromatic rings. The third kappa shape index (κ3) is 3.63. The standard InChI is InChI=1S/C21H19N3O2S/c1-26-12-11-24-18-10-6-5-7-15(18)13-19(24)21-23-17(14-27-21)20(25)22-16-8-3-2-4-9-16/h2-10,13-14H,11-12H2,1H3,(H,22,25). The van der Waals surface area contributed by atoms with Gasteiger partial charge in [-0.15, -0.1) is 11.3 Å². The van der Waals surface area contributed by atoms with Gasteiger partial charge in [-0.05, 0) is 24.3 Å². The second-order valence-electron chi connectivity index (χ2n) is 6.09. The maximum atomic E-state index is 12.5. The summed E-state index contributed by atoms with van der Waals surface area (Å²) >= 11 is 1.47. The molecule has 0 spiro atoms. The average Bonchev–Trinajstić information content (AvgIpc) is 3.32. The van der Waals surface area contributed by atoms with Crippen LogP contribution >= 0.6 is 11.3 Å². The largest absolute Gasteiger partial charge is 0.383 e. The number of hydrogen-bond donors (Lipinski definition) is 1. The van der Waals surface area contributed by atoms with Gasteiger partial charge in [-0.25, -0.2) is 4.98 Å². The SMILES string of the molecule is COCCn1c(-c2nc(C(=O)Nc3ccccc3)cs2)cc2ccccc21. The van der Waals surface area contributed by atoms with E-state index in [1.165, 1.54) is 11.3 Å². The summed E-state index contributed by atoms with van der Waals surface area (Å²) in [5, 5.41) is 6.64. The lowest BCUT2D eigenvalue weighted by atomic mass is 10.2. The first-order chi connectivity index (χ1) is 13.3. The smallest absolute Gasteiger partial charge is 0.275 e. The molecular weight excluding hydrogens is 358 g/mol. The number of para-hydroxylation sites is 2. The Hall–Kier alpha value is -2.96. The number of fused-ring (bicyclic) bond motifs is 1. The lowest BCUT2D eigenvalue weighted by molar-refractivity contribution is 0.102. The number of nitrogens with zero attached hydrogens (tertiary/aromatic N) is 2. The Morgan fingerprint density at radius 1 is 1.15 bits per heavy atom. The molecule has 0 unspecified atom stereocenters. The Kier molecular flexibility index (Phi) is 5.00. The molecule has 0 aliphatic heterocycles. The fourth-order valence-electron chi connectivity index (χ4n) is 3.02. The molecule has 2 aromatic heterocycles. The summed E-state index contributed by atoms with van der Waals surface area (Å²) in [5.41, 5.74) is 3.31. The fourth-order valence-corrected chi connectivity index (χ4v) is 3.85. The number of hydrogen-bond acceptors (Lipinski definition) is 4. The molecule has 0 bridgehead atoms. The van der Waals surface area contributed by atoms with Crippen LogP contribution in [0.15, 0.2) is 66.0 Å². The number of methoxy groups -OCH3 is 1. The number of amides is 1. The van der Waals surface area contributed by atoms with Crippen molar-refractivity contribution in [1.29, 1.82) is 0 Å². The molecule has 0 saturated heterocycles. The van der Waals surface area contributed by atoms with E-state index in [2.05, 4.69) is 33.1 Å². The van der Waals surface area contributed by atoms with E-state index in [1.807, 2.05) is 42.5 Å². The molecule has 2 aromatic carbocycles. The number of benzene rings is 2. The molecule has 4 rings (SSSR count). The van der Waals surface area contributed by atoms with E-state index >= 15 is 0 Å². The third-order valence-corrected chi connectivity index (χ3v) is 5.18. The van der Waals surface area contributed by atoms with Crippen LogP contribution in [0.1, 0.15) is 10.5 Å². The lowest BCUT2D eigenvalue weighted by Crippen LogP contribution is -2.12. The van der Waals surface area contributed by atoms with E-state index in [1.54, 1.807) is 12.5 Å². The van der Waals surface area contributed by atoms with E-state index in [4.69, 9.17) is 4.74 Å². The lowest BCUT2D eigenvalue weighted by Gasteiger charge is -2.08. The van der Waals surface area contributed by atoms with Gasteiger partial charge in [0.15, 0.2) is 0 Å². The molecule has 1 N–H and O–H groups in total. The quantitative estimate of drug-likeness (QED) is 0.531. The number of nitrogens with one attached hydrogen (secondary N) is 1. The van der Waals surface area contributed by atoms with Crippen LogP contribution in [-0.4, -0.2) is 29.2 Å². The van der Waals surface area contributed by atoms with Crippen molar-refractivity contribution in [3.05, 3.63) is 71.7 Å². The second kappa shape index (κ2) is 7.73. The average molecular weight is 377 g/mol. The molecule has 0 fully saturated rings. The number of anilines is 1. The second-order valence-corrected chi connectivity index (χ2v) is 6.95. The van der Waals surface area contributed by atoms with Gasteiger partial charge in [-0.3, -0.25) is 4.79 Å². The van der Waals surface area contributed by atoms with Crippen molar-refractivity contribution < 1.29 is 9.53 Å². The van der Waals surface area contributed by atoms with Crippen molar-refractivity contribution in [2.45, 2.75) is 6.54 Å². The minimum Gasteiger partial charge on any atom is -0.383 e. The van der Waals surface area contributed by atoms with Gasteiger partial charge in [0.2, 0.25) is 0 Å². The van der Waals surface area contributed by atoms with Crippen LogP contribution in [-0.2, 0) is 11.3 Å². The summed E-state index contributed by atoms with van der Waals surface area (Å²) in [6.07, 6.45) is 0. The molecule has 27 heavy (non-hydrogen) atoms. The van der Waals surface area contributed by atoms with Gasteiger partial charge in [-0.1, -0.05) is 36.4 Å². The van der Waals surface area contributed by atoms with Crippen molar-refractivity contribution in [1.82, 2.24) is 9.55 Å². The molecule has 0 radical (unpaired) electrons. The van der Waals surface area contributed by atoms with Gasteiger partial charge in [-0.2, -0.15) is 0 Å². The van der Waals surface area contributed by atoms with Gasteiger partial charge < -0.3 is 14.6 Å². The van der Waals surface area contributed by atoms with Crippen LogP contribution in [0.5, 0.6) is 0 Å².